The first-order valence-corrected chi connectivity index (χ1v) is 7.85. The molecule has 2 aromatic rings. The van der Waals surface area contributed by atoms with E-state index in [-0.39, 0.29) is 11.2 Å². The summed E-state index contributed by atoms with van der Waals surface area (Å²) >= 11 is 1.64. The highest BCUT2D eigenvalue weighted by atomic mass is 32.2. The molecule has 3 rings (SSSR count). The van der Waals surface area contributed by atoms with Gasteiger partial charge in [0.25, 0.3) is 0 Å². The number of hydrogen-bond acceptors (Lipinski definition) is 3. The molecule has 1 aliphatic heterocycles. The van der Waals surface area contributed by atoms with Crippen LogP contribution in [0.25, 0.3) is 0 Å². The van der Waals surface area contributed by atoms with Crippen molar-refractivity contribution in [1.29, 1.82) is 0 Å². The lowest BCUT2D eigenvalue weighted by Crippen LogP contribution is -2.25. The average Bonchev–Trinajstić information content (AvgIpc) is 2.91. The van der Waals surface area contributed by atoms with Crippen LogP contribution in [0.3, 0.4) is 0 Å². The van der Waals surface area contributed by atoms with Gasteiger partial charge in [0.05, 0.1) is 5.25 Å². The van der Waals surface area contributed by atoms with Crippen molar-refractivity contribution >= 4 is 29.0 Å². The Balaban J connectivity index is 1.79. The van der Waals surface area contributed by atoms with Gasteiger partial charge in [-0.1, -0.05) is 24.3 Å². The molecule has 0 aromatic heterocycles. The Bertz CT molecular complexity index is 687. The molecular weight excluding hydrogens is 280 g/mol. The summed E-state index contributed by atoms with van der Waals surface area (Å²) in [5.74, 6) is 0.0491. The van der Waals surface area contributed by atoms with Gasteiger partial charge in [0.15, 0.2) is 0 Å². The molecule has 0 fully saturated rings. The van der Waals surface area contributed by atoms with Crippen LogP contribution in [0.4, 0.5) is 11.4 Å². The van der Waals surface area contributed by atoms with Crippen molar-refractivity contribution in [3.8, 4) is 0 Å². The van der Waals surface area contributed by atoms with Crippen molar-refractivity contribution in [2.45, 2.75) is 30.4 Å². The summed E-state index contributed by atoms with van der Waals surface area (Å²) in [4.78, 5) is 13.7. The van der Waals surface area contributed by atoms with E-state index in [1.807, 2.05) is 38.1 Å². The summed E-state index contributed by atoms with van der Waals surface area (Å²) in [6, 6.07) is 12.0. The molecule has 0 radical (unpaired) electrons. The van der Waals surface area contributed by atoms with Crippen LogP contribution < -0.4 is 11.1 Å². The number of carbonyl (C=O) groups is 1. The minimum atomic E-state index is -0.0670. The number of amides is 1. The highest BCUT2D eigenvalue weighted by Crippen LogP contribution is 2.37. The second-order valence-electron chi connectivity index (χ2n) is 5.38. The zero-order chi connectivity index (χ0) is 15.0. The number of rotatable bonds is 2. The number of nitrogen functional groups attached to an aromatic ring is 1. The molecule has 2 aromatic carbocycles. The predicted octanol–water partition coefficient (Wildman–Crippen LogP) is 3.54. The second kappa shape index (κ2) is 5.45. The van der Waals surface area contributed by atoms with Gasteiger partial charge in [-0.2, -0.15) is 0 Å². The van der Waals surface area contributed by atoms with Gasteiger partial charge in [-0.3, -0.25) is 4.79 Å². The quantitative estimate of drug-likeness (QED) is 0.834. The van der Waals surface area contributed by atoms with Crippen molar-refractivity contribution in [1.82, 2.24) is 0 Å². The van der Waals surface area contributed by atoms with Gasteiger partial charge in [0.1, 0.15) is 0 Å². The highest BCUT2D eigenvalue weighted by molar-refractivity contribution is 8.01. The van der Waals surface area contributed by atoms with E-state index in [2.05, 4.69) is 17.4 Å². The molecule has 3 nitrogen and oxygen atoms in total. The van der Waals surface area contributed by atoms with Gasteiger partial charge < -0.3 is 11.1 Å². The lowest BCUT2D eigenvalue weighted by atomic mass is 10.1. The fourth-order valence-electron chi connectivity index (χ4n) is 2.59. The van der Waals surface area contributed by atoms with Crippen LogP contribution in [0.2, 0.25) is 0 Å². The smallest absolute Gasteiger partial charge is 0.238 e. The van der Waals surface area contributed by atoms with E-state index in [9.17, 15) is 4.79 Å². The lowest BCUT2D eigenvalue weighted by molar-refractivity contribution is -0.115. The second-order valence-corrected chi connectivity index (χ2v) is 6.62. The van der Waals surface area contributed by atoms with Gasteiger partial charge in [-0.15, -0.1) is 11.8 Å². The monoisotopic (exact) mass is 298 g/mol. The van der Waals surface area contributed by atoms with Crippen molar-refractivity contribution in [2.24, 2.45) is 0 Å². The Kier molecular flexibility index (Phi) is 3.64. The van der Waals surface area contributed by atoms with Gasteiger partial charge in [-0.05, 0) is 49.1 Å². The molecule has 1 amide bonds. The van der Waals surface area contributed by atoms with Gasteiger partial charge in [0.2, 0.25) is 5.91 Å². The molecule has 1 aliphatic rings. The van der Waals surface area contributed by atoms with Crippen molar-refractivity contribution in [3.05, 3.63) is 53.1 Å². The number of carbonyl (C=O) groups excluding carboxylic acids is 1. The largest absolute Gasteiger partial charge is 0.398 e. The van der Waals surface area contributed by atoms with Crippen LogP contribution >= 0.6 is 11.8 Å². The Hall–Kier alpha value is -1.94. The Morgan fingerprint density at radius 1 is 1.24 bits per heavy atom. The summed E-state index contributed by atoms with van der Waals surface area (Å²) in [6.07, 6.45) is 0.785. The van der Waals surface area contributed by atoms with E-state index in [4.69, 9.17) is 5.73 Å². The summed E-state index contributed by atoms with van der Waals surface area (Å²) in [7, 11) is 0. The summed E-state index contributed by atoms with van der Waals surface area (Å²) < 4.78 is 0. The molecule has 0 saturated heterocycles. The minimum absolute atomic E-state index is 0.0491. The van der Waals surface area contributed by atoms with Gasteiger partial charge in [0, 0.05) is 16.3 Å². The number of nitrogens with one attached hydrogen (secondary N) is 1. The van der Waals surface area contributed by atoms with Crippen molar-refractivity contribution in [3.63, 3.8) is 0 Å². The van der Waals surface area contributed by atoms with Crippen LogP contribution in [0, 0.1) is 13.8 Å². The molecule has 1 heterocycles. The predicted molar refractivity (Wildman–Crippen MR) is 88.7 cm³/mol. The van der Waals surface area contributed by atoms with Crippen LogP contribution in [-0.2, 0) is 11.2 Å². The average molecular weight is 298 g/mol. The third kappa shape index (κ3) is 2.63. The molecule has 0 aliphatic carbocycles. The molecule has 0 saturated carbocycles. The minimum Gasteiger partial charge on any atom is -0.398 e. The number of benzene rings is 2. The number of nitrogens with two attached hydrogens (primary N) is 1. The summed E-state index contributed by atoms with van der Waals surface area (Å²) in [5.41, 5.74) is 10.7. The van der Waals surface area contributed by atoms with Crippen molar-refractivity contribution in [2.75, 3.05) is 11.1 Å². The number of hydrogen-bond donors (Lipinski definition) is 2. The molecule has 3 N–H and O–H groups in total. The topological polar surface area (TPSA) is 55.1 Å². The molecule has 4 heteroatoms. The molecule has 108 valence electrons. The standard InChI is InChI=1S/C17H18N2OS/c1-10-7-8-13(18)11(2)16(10)19-17(20)15-9-12-5-3-4-6-14(12)21-15/h3-8,15H,9,18H2,1-2H3,(H,19,20). The maximum atomic E-state index is 12.5. The summed E-state index contributed by atoms with van der Waals surface area (Å²) in [6.45, 7) is 3.92. The van der Waals surface area contributed by atoms with E-state index >= 15 is 0 Å². The third-order valence-electron chi connectivity index (χ3n) is 3.90. The van der Waals surface area contributed by atoms with E-state index in [1.165, 1.54) is 10.5 Å². The molecule has 1 unspecified atom stereocenters. The number of aryl methyl sites for hydroxylation is 1. The third-order valence-corrected chi connectivity index (χ3v) is 5.22. The first-order valence-electron chi connectivity index (χ1n) is 6.97. The fraction of sp³-hybridized carbons (Fsp3) is 0.235. The lowest BCUT2D eigenvalue weighted by Gasteiger charge is -2.15. The Morgan fingerprint density at radius 2 is 2.00 bits per heavy atom. The van der Waals surface area contributed by atoms with Crippen LogP contribution in [-0.4, -0.2) is 11.2 Å². The highest BCUT2D eigenvalue weighted by Gasteiger charge is 2.28. The summed E-state index contributed by atoms with van der Waals surface area (Å²) in [5, 5.41) is 2.99. The fourth-order valence-corrected chi connectivity index (χ4v) is 3.78. The maximum absolute atomic E-state index is 12.5. The number of fused-ring (bicyclic) bond motifs is 1. The SMILES string of the molecule is Cc1ccc(N)c(C)c1NC(=O)C1Cc2ccccc2S1. The Labute approximate surface area is 128 Å². The molecule has 0 bridgehead atoms. The molecule has 21 heavy (non-hydrogen) atoms. The zero-order valence-electron chi connectivity index (χ0n) is 12.1. The van der Waals surface area contributed by atoms with Gasteiger partial charge in [-0.25, -0.2) is 0 Å². The normalized spacial score (nSPS) is 16.6. The van der Waals surface area contributed by atoms with E-state index < -0.39 is 0 Å². The molecule has 1 atom stereocenters. The first kappa shape index (κ1) is 14.0. The van der Waals surface area contributed by atoms with Crippen molar-refractivity contribution < 1.29 is 4.79 Å². The maximum Gasteiger partial charge on any atom is 0.238 e. The van der Waals surface area contributed by atoms with Crippen LogP contribution in [0.15, 0.2) is 41.3 Å². The molecule has 0 spiro atoms. The Morgan fingerprint density at radius 3 is 2.76 bits per heavy atom. The zero-order valence-corrected chi connectivity index (χ0v) is 13.0. The van der Waals surface area contributed by atoms with E-state index in [0.717, 1.165) is 23.2 Å². The van der Waals surface area contributed by atoms with E-state index in [0.29, 0.717) is 5.69 Å². The first-order chi connectivity index (χ1) is 10.1. The van der Waals surface area contributed by atoms with Gasteiger partial charge >= 0.3 is 0 Å². The number of anilines is 2. The van der Waals surface area contributed by atoms with E-state index in [1.54, 1.807) is 11.8 Å². The molecular formula is C17H18N2OS. The van der Waals surface area contributed by atoms with Crippen LogP contribution in [0.5, 0.6) is 0 Å². The number of thioether (sulfide) groups is 1. The van der Waals surface area contributed by atoms with Crippen LogP contribution in [0.1, 0.15) is 16.7 Å².